The minimum absolute atomic E-state index is 0.00398. The number of nitrogens with zero attached hydrogens (tertiary/aromatic N) is 2. The average Bonchev–Trinajstić information content (AvgIpc) is 2.73. The van der Waals surface area contributed by atoms with Gasteiger partial charge in [0.1, 0.15) is 6.04 Å². The van der Waals surface area contributed by atoms with Gasteiger partial charge in [-0.05, 0) is 50.1 Å². The van der Waals surface area contributed by atoms with Gasteiger partial charge in [0, 0.05) is 12.1 Å². The van der Waals surface area contributed by atoms with Gasteiger partial charge in [-0.2, -0.15) is 0 Å². The molecule has 0 radical (unpaired) electrons. The number of non-ortho nitro benzene ring substituents is 1. The van der Waals surface area contributed by atoms with Crippen molar-refractivity contribution in [3.8, 4) is 0 Å². The van der Waals surface area contributed by atoms with Crippen LogP contribution in [0.1, 0.15) is 31.9 Å². The number of amides is 1. The molecule has 8 nitrogen and oxygen atoms in total. The molecular formula is C22H24N2O6. The number of carbonyl (C=O) groups is 2. The van der Waals surface area contributed by atoms with E-state index in [-0.39, 0.29) is 18.9 Å². The molecule has 1 unspecified atom stereocenters. The third-order valence-electron chi connectivity index (χ3n) is 4.24. The van der Waals surface area contributed by atoms with Gasteiger partial charge in [0.2, 0.25) is 0 Å². The van der Waals surface area contributed by atoms with Crippen LogP contribution in [0.2, 0.25) is 0 Å². The van der Waals surface area contributed by atoms with Crippen molar-refractivity contribution in [3.05, 3.63) is 69.8 Å². The number of nitro benzene ring substituents is 1. The smallest absolute Gasteiger partial charge is 0.415 e. The van der Waals surface area contributed by atoms with Crippen LogP contribution in [-0.4, -0.2) is 36.2 Å². The highest BCUT2D eigenvalue weighted by Crippen LogP contribution is 2.26. The summed E-state index contributed by atoms with van der Waals surface area (Å²) in [5.74, 6) is -0.542. The molecule has 0 N–H and O–H groups in total. The van der Waals surface area contributed by atoms with Crippen LogP contribution in [0, 0.1) is 10.1 Å². The highest BCUT2D eigenvalue weighted by molar-refractivity contribution is 5.98. The molecule has 0 saturated heterocycles. The third-order valence-corrected chi connectivity index (χ3v) is 4.24. The molecule has 1 amide bonds. The van der Waals surface area contributed by atoms with Crippen molar-refractivity contribution in [2.45, 2.75) is 26.8 Å². The molecule has 30 heavy (non-hydrogen) atoms. The van der Waals surface area contributed by atoms with E-state index in [1.54, 1.807) is 69.3 Å². The second kappa shape index (κ2) is 10.8. The summed E-state index contributed by atoms with van der Waals surface area (Å²) in [7, 11) is 0. The molecule has 8 heteroatoms. The van der Waals surface area contributed by atoms with Crippen LogP contribution >= 0.6 is 0 Å². The lowest BCUT2D eigenvalue weighted by molar-refractivity contribution is -0.384. The largest absolute Gasteiger partial charge is 0.464 e. The molecule has 0 aliphatic heterocycles. The summed E-state index contributed by atoms with van der Waals surface area (Å²) < 4.78 is 10.2. The first kappa shape index (κ1) is 22.6. The summed E-state index contributed by atoms with van der Waals surface area (Å²) in [6.07, 6.45) is 2.87. The molecule has 0 spiro atoms. The summed E-state index contributed by atoms with van der Waals surface area (Å²) >= 11 is 0. The topological polar surface area (TPSA) is 99.0 Å². The molecule has 0 aliphatic rings. The van der Waals surface area contributed by atoms with E-state index < -0.39 is 23.0 Å². The van der Waals surface area contributed by atoms with Gasteiger partial charge < -0.3 is 9.47 Å². The van der Waals surface area contributed by atoms with Gasteiger partial charge in [-0.3, -0.25) is 15.0 Å². The zero-order valence-electron chi connectivity index (χ0n) is 17.1. The summed E-state index contributed by atoms with van der Waals surface area (Å²) in [5, 5.41) is 10.8. The Morgan fingerprint density at radius 3 is 2.27 bits per heavy atom. The highest BCUT2D eigenvalue weighted by Gasteiger charge is 2.30. The number of benzene rings is 2. The predicted octanol–water partition coefficient (Wildman–Crippen LogP) is 4.68. The van der Waals surface area contributed by atoms with Crippen molar-refractivity contribution < 1.29 is 24.0 Å². The number of carbonyl (C=O) groups excluding carboxylic acids is 2. The molecule has 0 aliphatic carbocycles. The molecule has 0 bridgehead atoms. The van der Waals surface area contributed by atoms with Gasteiger partial charge >= 0.3 is 12.1 Å². The van der Waals surface area contributed by atoms with Crippen molar-refractivity contribution in [3.63, 3.8) is 0 Å². The van der Waals surface area contributed by atoms with Gasteiger partial charge in [0.05, 0.1) is 23.8 Å². The summed E-state index contributed by atoms with van der Waals surface area (Å²) in [4.78, 5) is 36.5. The lowest BCUT2D eigenvalue weighted by Crippen LogP contribution is -2.45. The Kier molecular flexibility index (Phi) is 8.10. The Morgan fingerprint density at radius 2 is 1.67 bits per heavy atom. The molecule has 0 aromatic heterocycles. The van der Waals surface area contributed by atoms with E-state index in [4.69, 9.17) is 9.47 Å². The number of hydrogen-bond acceptors (Lipinski definition) is 6. The summed E-state index contributed by atoms with van der Waals surface area (Å²) in [6.45, 7) is 5.31. The van der Waals surface area contributed by atoms with E-state index in [0.717, 1.165) is 5.56 Å². The molecule has 2 aromatic rings. The number of anilines is 1. The first-order valence-corrected chi connectivity index (χ1v) is 9.53. The maximum absolute atomic E-state index is 12.6. The van der Waals surface area contributed by atoms with E-state index in [2.05, 4.69) is 0 Å². The van der Waals surface area contributed by atoms with Crippen LogP contribution in [0.25, 0.3) is 12.2 Å². The fourth-order valence-corrected chi connectivity index (χ4v) is 2.77. The van der Waals surface area contributed by atoms with Crippen LogP contribution < -0.4 is 4.90 Å². The van der Waals surface area contributed by atoms with Gasteiger partial charge in [0.25, 0.3) is 5.69 Å². The Hall–Kier alpha value is -3.68. The normalized spacial score (nSPS) is 11.7. The van der Waals surface area contributed by atoms with Crippen molar-refractivity contribution >= 4 is 35.6 Å². The maximum Gasteiger partial charge on any atom is 0.415 e. The second-order valence-electron chi connectivity index (χ2n) is 6.24. The fourth-order valence-electron chi connectivity index (χ4n) is 2.77. The Balaban J connectivity index is 2.40. The number of ether oxygens (including phenoxy) is 2. The lowest BCUT2D eigenvalue weighted by Gasteiger charge is -2.28. The highest BCUT2D eigenvalue weighted by atomic mass is 16.6. The Bertz CT molecular complexity index is 923. The van der Waals surface area contributed by atoms with Crippen molar-refractivity contribution in [2.75, 3.05) is 18.1 Å². The number of para-hydroxylation sites is 1. The van der Waals surface area contributed by atoms with Crippen LogP contribution in [0.5, 0.6) is 0 Å². The van der Waals surface area contributed by atoms with Crippen molar-refractivity contribution in [2.24, 2.45) is 0 Å². The van der Waals surface area contributed by atoms with Gasteiger partial charge in [-0.25, -0.2) is 9.59 Å². The average molecular weight is 412 g/mol. The number of rotatable bonds is 8. The Morgan fingerprint density at radius 1 is 1.03 bits per heavy atom. The molecule has 2 rings (SSSR count). The first-order valence-electron chi connectivity index (χ1n) is 9.53. The minimum Gasteiger partial charge on any atom is -0.464 e. The molecular weight excluding hydrogens is 388 g/mol. The minimum atomic E-state index is -0.891. The SMILES string of the molecule is CCOC(=O)C(C)N(C(=O)OCC)c1ccccc1C=Cc1ccc([N+](=O)[O-])cc1. The van der Waals surface area contributed by atoms with Crippen molar-refractivity contribution in [1.29, 1.82) is 0 Å². The maximum atomic E-state index is 12.6. The molecule has 0 heterocycles. The molecule has 2 aromatic carbocycles. The molecule has 0 fully saturated rings. The number of nitro groups is 1. The standard InChI is InChI=1S/C22H24N2O6/c1-4-29-21(25)16(3)23(22(26)30-5-2)20-9-7-6-8-18(20)13-10-17-11-14-19(15-12-17)24(27)28/h6-16H,4-5H2,1-3H3. The molecule has 1 atom stereocenters. The van der Waals surface area contributed by atoms with Crippen LogP contribution in [0.3, 0.4) is 0 Å². The second-order valence-corrected chi connectivity index (χ2v) is 6.24. The van der Waals surface area contributed by atoms with Gasteiger partial charge in [0.15, 0.2) is 0 Å². The summed E-state index contributed by atoms with van der Waals surface area (Å²) in [6, 6.07) is 12.3. The molecule has 0 saturated carbocycles. The zero-order valence-corrected chi connectivity index (χ0v) is 17.1. The van der Waals surface area contributed by atoms with E-state index >= 15 is 0 Å². The van der Waals surface area contributed by atoms with Crippen LogP contribution in [-0.2, 0) is 14.3 Å². The van der Waals surface area contributed by atoms with Gasteiger partial charge in [-0.15, -0.1) is 0 Å². The number of esters is 1. The van der Waals surface area contributed by atoms with E-state index in [1.807, 2.05) is 0 Å². The fraction of sp³-hybridized carbons (Fsp3) is 0.273. The Labute approximate surface area is 174 Å². The zero-order chi connectivity index (χ0) is 22.1. The van der Waals surface area contributed by atoms with Crippen LogP contribution in [0.4, 0.5) is 16.2 Å². The van der Waals surface area contributed by atoms with Crippen LogP contribution in [0.15, 0.2) is 48.5 Å². The van der Waals surface area contributed by atoms with E-state index in [1.165, 1.54) is 17.0 Å². The van der Waals surface area contributed by atoms with E-state index in [9.17, 15) is 19.7 Å². The monoisotopic (exact) mass is 412 g/mol. The van der Waals surface area contributed by atoms with E-state index in [0.29, 0.717) is 11.3 Å². The molecule has 158 valence electrons. The number of hydrogen-bond donors (Lipinski definition) is 0. The third kappa shape index (κ3) is 5.66. The predicted molar refractivity (Wildman–Crippen MR) is 114 cm³/mol. The summed E-state index contributed by atoms with van der Waals surface area (Å²) in [5.41, 5.74) is 1.90. The lowest BCUT2D eigenvalue weighted by atomic mass is 10.1. The first-order chi connectivity index (χ1) is 14.4. The quantitative estimate of drug-likeness (QED) is 0.270. The van der Waals surface area contributed by atoms with Gasteiger partial charge in [-0.1, -0.05) is 30.4 Å². The van der Waals surface area contributed by atoms with Crippen molar-refractivity contribution in [1.82, 2.24) is 0 Å².